The van der Waals surface area contributed by atoms with Crippen LogP contribution in [0.5, 0.6) is 0 Å². The van der Waals surface area contributed by atoms with Crippen molar-refractivity contribution < 1.29 is 0 Å². The van der Waals surface area contributed by atoms with Crippen molar-refractivity contribution in [1.29, 1.82) is 10.5 Å². The maximum Gasteiger partial charge on any atom is 0.0998 e. The summed E-state index contributed by atoms with van der Waals surface area (Å²) in [6, 6.07) is 9.62. The van der Waals surface area contributed by atoms with Crippen LogP contribution >= 0.6 is 11.3 Å². The lowest BCUT2D eigenvalue weighted by Crippen LogP contribution is -1.79. The largest absolute Gasteiger partial charge is 0.192 e. The normalized spacial score (nSPS) is 9.64. The Kier molecular flexibility index (Phi) is 1.96. The van der Waals surface area contributed by atoms with E-state index in [9.17, 15) is 0 Å². The van der Waals surface area contributed by atoms with Gasteiger partial charge in [-0.15, -0.1) is 11.3 Å². The SMILES string of the molecule is Cc1cc2c(C#N)cc(C#N)cc2s1. The predicted octanol–water partition coefficient (Wildman–Crippen LogP) is 2.95. The topological polar surface area (TPSA) is 47.6 Å². The number of nitriles is 2. The Hall–Kier alpha value is -1.84. The molecule has 0 aliphatic heterocycles. The molecule has 1 aromatic carbocycles. The van der Waals surface area contributed by atoms with Crippen molar-refractivity contribution in [2.24, 2.45) is 0 Å². The van der Waals surface area contributed by atoms with E-state index in [-0.39, 0.29) is 0 Å². The fourth-order valence-electron chi connectivity index (χ4n) is 1.42. The standard InChI is InChI=1S/C11H6N2S/c1-7-2-10-9(6-13)3-8(5-12)4-11(10)14-7/h2-4H,1H3. The summed E-state index contributed by atoms with van der Waals surface area (Å²) in [5.74, 6) is 0. The van der Waals surface area contributed by atoms with Gasteiger partial charge in [0.05, 0.1) is 23.3 Å². The van der Waals surface area contributed by atoms with Crippen LogP contribution in [0.15, 0.2) is 18.2 Å². The first kappa shape index (κ1) is 8.74. The van der Waals surface area contributed by atoms with Crippen LogP contribution in [0.25, 0.3) is 10.1 Å². The summed E-state index contributed by atoms with van der Waals surface area (Å²) >= 11 is 1.61. The highest BCUT2D eigenvalue weighted by atomic mass is 32.1. The minimum Gasteiger partial charge on any atom is -0.192 e. The molecule has 0 saturated heterocycles. The van der Waals surface area contributed by atoms with Gasteiger partial charge < -0.3 is 0 Å². The third-order valence-corrected chi connectivity index (χ3v) is 3.01. The Morgan fingerprint density at radius 3 is 2.57 bits per heavy atom. The lowest BCUT2D eigenvalue weighted by molar-refractivity contribution is 1.47. The summed E-state index contributed by atoms with van der Waals surface area (Å²) < 4.78 is 1.01. The molecule has 3 heteroatoms. The van der Waals surface area contributed by atoms with E-state index in [1.807, 2.05) is 19.1 Å². The van der Waals surface area contributed by atoms with Gasteiger partial charge in [-0.2, -0.15) is 10.5 Å². The van der Waals surface area contributed by atoms with Gasteiger partial charge in [0, 0.05) is 15.0 Å². The van der Waals surface area contributed by atoms with Gasteiger partial charge in [0.25, 0.3) is 0 Å². The molecule has 14 heavy (non-hydrogen) atoms. The molecule has 2 nitrogen and oxygen atoms in total. The molecule has 0 amide bonds. The number of rotatable bonds is 0. The molecule has 0 aliphatic carbocycles. The molecule has 1 aromatic heterocycles. The summed E-state index contributed by atoms with van der Waals surface area (Å²) in [7, 11) is 0. The molecular weight excluding hydrogens is 192 g/mol. The number of nitrogens with zero attached hydrogens (tertiary/aromatic N) is 2. The van der Waals surface area contributed by atoms with E-state index in [1.165, 1.54) is 0 Å². The smallest absolute Gasteiger partial charge is 0.0998 e. The highest BCUT2D eigenvalue weighted by molar-refractivity contribution is 7.19. The second-order valence-corrected chi connectivity index (χ2v) is 4.30. The first-order chi connectivity index (χ1) is 6.74. The van der Waals surface area contributed by atoms with E-state index < -0.39 is 0 Å². The van der Waals surface area contributed by atoms with Crippen LogP contribution in [-0.2, 0) is 0 Å². The predicted molar refractivity (Wildman–Crippen MR) is 56.0 cm³/mol. The average Bonchev–Trinajstić information content (AvgIpc) is 2.56. The fourth-order valence-corrected chi connectivity index (χ4v) is 2.41. The summed E-state index contributed by atoms with van der Waals surface area (Å²) in [6.07, 6.45) is 0. The molecule has 2 rings (SSSR count). The lowest BCUT2D eigenvalue weighted by atomic mass is 10.1. The van der Waals surface area contributed by atoms with Crippen LogP contribution in [0.1, 0.15) is 16.0 Å². The van der Waals surface area contributed by atoms with Crippen LogP contribution in [-0.4, -0.2) is 0 Å². The maximum atomic E-state index is 8.91. The van der Waals surface area contributed by atoms with Crippen LogP contribution in [0, 0.1) is 29.6 Å². The van der Waals surface area contributed by atoms with Gasteiger partial charge in [-0.3, -0.25) is 0 Å². The van der Waals surface area contributed by atoms with Crippen molar-refractivity contribution in [2.45, 2.75) is 6.92 Å². The summed E-state index contributed by atoms with van der Waals surface area (Å²) in [5.41, 5.74) is 1.14. The Bertz CT molecular complexity index is 582. The van der Waals surface area contributed by atoms with Crippen molar-refractivity contribution in [1.82, 2.24) is 0 Å². The van der Waals surface area contributed by atoms with E-state index in [1.54, 1.807) is 17.4 Å². The van der Waals surface area contributed by atoms with Crippen molar-refractivity contribution in [3.05, 3.63) is 34.2 Å². The van der Waals surface area contributed by atoms with Crippen LogP contribution in [0.2, 0.25) is 0 Å². The van der Waals surface area contributed by atoms with Crippen molar-refractivity contribution in [3.63, 3.8) is 0 Å². The number of benzene rings is 1. The van der Waals surface area contributed by atoms with Crippen LogP contribution in [0.3, 0.4) is 0 Å². The molecule has 1 heterocycles. The molecule has 0 atom stereocenters. The maximum absolute atomic E-state index is 8.91. The summed E-state index contributed by atoms with van der Waals surface area (Å²) in [6.45, 7) is 2.00. The van der Waals surface area contributed by atoms with Gasteiger partial charge in [-0.1, -0.05) is 0 Å². The lowest BCUT2D eigenvalue weighted by Gasteiger charge is -1.93. The first-order valence-corrected chi connectivity index (χ1v) is 4.90. The summed E-state index contributed by atoms with van der Waals surface area (Å²) in [4.78, 5) is 1.16. The molecule has 0 unspecified atom stereocenters. The quantitative estimate of drug-likeness (QED) is 0.653. The third kappa shape index (κ3) is 1.25. The number of aryl methyl sites for hydroxylation is 1. The molecular formula is C11H6N2S. The van der Waals surface area contributed by atoms with Crippen LogP contribution in [0.4, 0.5) is 0 Å². The highest BCUT2D eigenvalue weighted by Crippen LogP contribution is 2.28. The zero-order valence-corrected chi connectivity index (χ0v) is 8.35. The minimum absolute atomic E-state index is 0.552. The van der Waals surface area contributed by atoms with E-state index in [0.29, 0.717) is 11.1 Å². The van der Waals surface area contributed by atoms with Gasteiger partial charge >= 0.3 is 0 Å². The second kappa shape index (κ2) is 3.14. The molecule has 0 aliphatic rings. The minimum atomic E-state index is 0.552. The highest BCUT2D eigenvalue weighted by Gasteiger charge is 2.06. The Morgan fingerprint density at radius 2 is 1.93 bits per heavy atom. The van der Waals surface area contributed by atoms with Gasteiger partial charge in [-0.25, -0.2) is 0 Å². The number of hydrogen-bond donors (Lipinski definition) is 0. The number of hydrogen-bond acceptors (Lipinski definition) is 3. The molecule has 0 fully saturated rings. The van der Waals surface area contributed by atoms with E-state index >= 15 is 0 Å². The second-order valence-electron chi connectivity index (χ2n) is 3.02. The molecule has 0 saturated carbocycles. The zero-order valence-electron chi connectivity index (χ0n) is 7.53. The van der Waals surface area contributed by atoms with Gasteiger partial charge in [0.2, 0.25) is 0 Å². The zero-order chi connectivity index (χ0) is 10.1. The molecule has 0 spiro atoms. The van der Waals surface area contributed by atoms with E-state index in [0.717, 1.165) is 15.0 Å². The van der Waals surface area contributed by atoms with Crippen molar-refractivity contribution in [2.75, 3.05) is 0 Å². The van der Waals surface area contributed by atoms with E-state index in [4.69, 9.17) is 10.5 Å². The van der Waals surface area contributed by atoms with E-state index in [2.05, 4.69) is 12.1 Å². The molecule has 0 N–H and O–H groups in total. The van der Waals surface area contributed by atoms with Crippen molar-refractivity contribution in [3.8, 4) is 12.1 Å². The Morgan fingerprint density at radius 1 is 1.14 bits per heavy atom. The molecule has 0 radical (unpaired) electrons. The van der Waals surface area contributed by atoms with Gasteiger partial charge in [0.1, 0.15) is 0 Å². The fraction of sp³-hybridized carbons (Fsp3) is 0.0909. The number of fused-ring (bicyclic) bond motifs is 1. The monoisotopic (exact) mass is 198 g/mol. The molecule has 0 bridgehead atoms. The molecule has 2 aromatic rings. The first-order valence-electron chi connectivity index (χ1n) is 4.09. The van der Waals surface area contributed by atoms with Gasteiger partial charge in [0.15, 0.2) is 0 Å². The summed E-state index contributed by atoms with van der Waals surface area (Å²) in [5, 5.41) is 18.6. The Balaban J connectivity index is 2.89. The van der Waals surface area contributed by atoms with Crippen molar-refractivity contribution >= 4 is 21.4 Å². The Labute approximate surface area is 85.6 Å². The van der Waals surface area contributed by atoms with Gasteiger partial charge in [-0.05, 0) is 25.1 Å². The third-order valence-electron chi connectivity index (χ3n) is 2.01. The van der Waals surface area contributed by atoms with Crippen LogP contribution < -0.4 is 0 Å². The average molecular weight is 198 g/mol. The molecule has 66 valence electrons. The number of thiophene rings is 1.